The van der Waals surface area contributed by atoms with Crippen molar-refractivity contribution in [3.8, 4) is 0 Å². The lowest BCUT2D eigenvalue weighted by Crippen LogP contribution is -2.56. The second-order valence-electron chi connectivity index (χ2n) is 6.75. The van der Waals surface area contributed by atoms with Crippen molar-refractivity contribution in [3.05, 3.63) is 0 Å². The molecule has 10 N–H and O–H groups in total. The molecule has 0 heterocycles. The number of primary amides is 2. The van der Waals surface area contributed by atoms with Crippen LogP contribution in [-0.4, -0.2) is 76.8 Å². The molecule has 0 radical (unpaired) electrons. The van der Waals surface area contributed by atoms with Gasteiger partial charge in [0, 0.05) is 6.42 Å². The Morgan fingerprint density at radius 1 is 0.871 bits per heavy atom. The lowest BCUT2D eigenvalue weighted by Gasteiger charge is -2.23. The highest BCUT2D eigenvalue weighted by molar-refractivity contribution is 7.98. The summed E-state index contributed by atoms with van der Waals surface area (Å²) in [4.78, 5) is 69.9. The zero-order valence-electron chi connectivity index (χ0n) is 17.4. The van der Waals surface area contributed by atoms with E-state index in [0.717, 1.165) is 0 Å². The van der Waals surface area contributed by atoms with Gasteiger partial charge in [-0.1, -0.05) is 0 Å². The van der Waals surface area contributed by atoms with Gasteiger partial charge in [-0.3, -0.25) is 24.0 Å². The third-order valence-electron chi connectivity index (χ3n) is 4.05. The minimum atomic E-state index is -1.36. The monoisotopic (exact) mass is 462 g/mol. The highest BCUT2D eigenvalue weighted by Crippen LogP contribution is 2.04. The highest BCUT2D eigenvalue weighted by Gasteiger charge is 2.28. The predicted octanol–water partition coefficient (Wildman–Crippen LogP) is -3.23. The van der Waals surface area contributed by atoms with E-state index in [1.807, 2.05) is 0 Å². The fraction of sp³-hybridized carbons (Fsp3) is 0.647. The van der Waals surface area contributed by atoms with Crippen molar-refractivity contribution in [2.45, 2.75) is 56.8 Å². The molecular formula is C17H30N6O7S. The number of carbonyl (C=O) groups excluding carboxylic acids is 5. The molecule has 0 saturated carbocycles. The van der Waals surface area contributed by atoms with E-state index in [-0.39, 0.29) is 19.3 Å². The number of hydrogen-bond donors (Lipinski definition) is 7. The van der Waals surface area contributed by atoms with Crippen molar-refractivity contribution in [2.24, 2.45) is 17.2 Å². The van der Waals surface area contributed by atoms with Crippen molar-refractivity contribution in [3.63, 3.8) is 0 Å². The van der Waals surface area contributed by atoms with Crippen LogP contribution in [0.1, 0.15) is 32.6 Å². The van der Waals surface area contributed by atoms with Gasteiger partial charge in [0.25, 0.3) is 0 Å². The maximum absolute atomic E-state index is 12.6. The third kappa shape index (κ3) is 11.8. The first kappa shape index (κ1) is 28.1. The Balaban J connectivity index is 5.03. The number of carbonyl (C=O) groups is 6. The molecule has 31 heavy (non-hydrogen) atoms. The average Bonchev–Trinajstić information content (AvgIpc) is 2.66. The van der Waals surface area contributed by atoms with Crippen LogP contribution in [-0.2, 0) is 28.8 Å². The molecule has 176 valence electrons. The summed E-state index contributed by atoms with van der Waals surface area (Å²) in [7, 11) is 0. The normalized spacial score (nSPS) is 14.4. The summed E-state index contributed by atoms with van der Waals surface area (Å²) in [6.07, 6.45) is 1.16. The van der Waals surface area contributed by atoms with Crippen LogP contribution in [0.5, 0.6) is 0 Å². The standard InChI is InChI=1S/C17H30N6O7S/c1-8(14(26)23-11(17(29)30)3-4-12(19)24)21-16(28)10(5-6-31-2)22-15(27)9(18)7-13(20)25/h8-11H,3-7,18H2,1-2H3,(H2,19,24)(H2,20,25)(H,21,28)(H,22,27)(H,23,26)(H,29,30). The van der Waals surface area contributed by atoms with E-state index in [9.17, 15) is 28.8 Å². The van der Waals surface area contributed by atoms with Crippen molar-refractivity contribution < 1.29 is 33.9 Å². The topological polar surface area (TPSA) is 237 Å². The quantitative estimate of drug-likeness (QED) is 0.129. The molecule has 0 spiro atoms. The van der Waals surface area contributed by atoms with E-state index < -0.39 is 66.1 Å². The van der Waals surface area contributed by atoms with Crippen molar-refractivity contribution in [1.29, 1.82) is 0 Å². The number of nitrogens with two attached hydrogens (primary N) is 3. The Morgan fingerprint density at radius 3 is 1.94 bits per heavy atom. The molecule has 0 fully saturated rings. The third-order valence-corrected chi connectivity index (χ3v) is 4.69. The molecule has 14 heteroatoms. The number of thioether (sulfide) groups is 1. The number of carboxylic acid groups (broad SMARTS) is 1. The zero-order chi connectivity index (χ0) is 24.1. The van der Waals surface area contributed by atoms with Crippen molar-refractivity contribution in [1.82, 2.24) is 16.0 Å². The number of rotatable bonds is 15. The van der Waals surface area contributed by atoms with Crippen LogP contribution in [0, 0.1) is 0 Å². The molecule has 5 amide bonds. The fourth-order valence-corrected chi connectivity index (χ4v) is 2.78. The summed E-state index contributed by atoms with van der Waals surface area (Å²) in [5.41, 5.74) is 15.6. The number of hydrogen-bond acceptors (Lipinski definition) is 8. The van der Waals surface area contributed by atoms with Crippen LogP contribution in [0.25, 0.3) is 0 Å². The predicted molar refractivity (Wildman–Crippen MR) is 112 cm³/mol. The summed E-state index contributed by atoms with van der Waals surface area (Å²) in [6.45, 7) is 1.33. The molecule has 0 aromatic carbocycles. The maximum Gasteiger partial charge on any atom is 0.326 e. The van der Waals surface area contributed by atoms with E-state index >= 15 is 0 Å². The molecule has 13 nitrogen and oxygen atoms in total. The van der Waals surface area contributed by atoms with Crippen molar-refractivity contribution in [2.75, 3.05) is 12.0 Å². The Labute approximate surface area is 183 Å². The SMILES string of the molecule is CSCCC(NC(=O)C(N)CC(N)=O)C(=O)NC(C)C(=O)NC(CCC(N)=O)C(=O)O. The molecule has 0 aromatic rings. The first-order chi connectivity index (χ1) is 14.4. The van der Waals surface area contributed by atoms with E-state index in [1.165, 1.54) is 18.7 Å². The van der Waals surface area contributed by atoms with Crippen LogP contribution in [0.3, 0.4) is 0 Å². The van der Waals surface area contributed by atoms with Crippen LogP contribution >= 0.6 is 11.8 Å². The Bertz CT molecular complexity index is 690. The Kier molecular flexibility index (Phi) is 12.9. The molecule has 0 rings (SSSR count). The van der Waals surface area contributed by atoms with Gasteiger partial charge in [-0.05, 0) is 31.8 Å². The molecule has 0 bridgehead atoms. The molecule has 0 aliphatic rings. The van der Waals surface area contributed by atoms with Gasteiger partial charge in [-0.15, -0.1) is 0 Å². The van der Waals surface area contributed by atoms with Gasteiger partial charge < -0.3 is 38.3 Å². The lowest BCUT2D eigenvalue weighted by atomic mass is 10.1. The number of nitrogens with one attached hydrogen (secondary N) is 3. The number of carboxylic acids is 1. The summed E-state index contributed by atoms with van der Waals surface area (Å²) in [5, 5.41) is 16.2. The summed E-state index contributed by atoms with van der Waals surface area (Å²) in [5.74, 6) is -4.61. The van der Waals surface area contributed by atoms with Crippen LogP contribution in [0.15, 0.2) is 0 Å². The smallest absolute Gasteiger partial charge is 0.326 e. The molecule has 0 aromatic heterocycles. The van der Waals surface area contributed by atoms with Crippen molar-refractivity contribution >= 4 is 47.3 Å². The average molecular weight is 463 g/mol. The summed E-state index contributed by atoms with van der Waals surface area (Å²) < 4.78 is 0. The van der Waals surface area contributed by atoms with Gasteiger partial charge in [0.15, 0.2) is 0 Å². The molecule has 4 unspecified atom stereocenters. The largest absolute Gasteiger partial charge is 0.480 e. The van der Waals surface area contributed by atoms with E-state index in [1.54, 1.807) is 6.26 Å². The van der Waals surface area contributed by atoms with E-state index in [2.05, 4.69) is 16.0 Å². The van der Waals surface area contributed by atoms with Gasteiger partial charge in [-0.25, -0.2) is 4.79 Å². The fourth-order valence-electron chi connectivity index (χ4n) is 2.31. The maximum atomic E-state index is 12.6. The van der Waals surface area contributed by atoms with Gasteiger partial charge in [0.2, 0.25) is 29.5 Å². The summed E-state index contributed by atoms with van der Waals surface area (Å²) >= 11 is 1.42. The number of aliphatic carboxylic acids is 1. The first-order valence-electron chi connectivity index (χ1n) is 9.34. The van der Waals surface area contributed by atoms with Crippen LogP contribution < -0.4 is 33.2 Å². The minimum Gasteiger partial charge on any atom is -0.480 e. The lowest BCUT2D eigenvalue weighted by molar-refractivity contribution is -0.142. The first-order valence-corrected chi connectivity index (χ1v) is 10.7. The van der Waals surface area contributed by atoms with Gasteiger partial charge in [0.1, 0.15) is 18.1 Å². The Hall–Kier alpha value is -2.87. The van der Waals surface area contributed by atoms with Gasteiger partial charge in [-0.2, -0.15) is 11.8 Å². The minimum absolute atomic E-state index is 0.207. The molecule has 0 aliphatic carbocycles. The molecule has 4 atom stereocenters. The Morgan fingerprint density at radius 2 is 1.45 bits per heavy atom. The molecule has 0 aliphatic heterocycles. The van der Waals surface area contributed by atoms with Crippen LogP contribution in [0.2, 0.25) is 0 Å². The van der Waals surface area contributed by atoms with Gasteiger partial charge >= 0.3 is 5.97 Å². The highest BCUT2D eigenvalue weighted by atomic mass is 32.2. The van der Waals surface area contributed by atoms with Crippen LogP contribution in [0.4, 0.5) is 0 Å². The second kappa shape index (κ2) is 14.2. The second-order valence-corrected chi connectivity index (χ2v) is 7.74. The number of amides is 5. The molecule has 0 saturated heterocycles. The van der Waals surface area contributed by atoms with E-state index in [0.29, 0.717) is 5.75 Å². The van der Waals surface area contributed by atoms with E-state index in [4.69, 9.17) is 22.3 Å². The van der Waals surface area contributed by atoms with Gasteiger partial charge in [0.05, 0.1) is 12.5 Å². The summed E-state index contributed by atoms with van der Waals surface area (Å²) in [6, 6.07) is -4.78. The molecular weight excluding hydrogens is 432 g/mol. The zero-order valence-corrected chi connectivity index (χ0v) is 18.2.